The molecule has 158 valence electrons. The molecule has 29 heavy (non-hydrogen) atoms. The van der Waals surface area contributed by atoms with Crippen LogP contribution < -0.4 is 10.1 Å². The molecule has 2 aromatic rings. The zero-order chi connectivity index (χ0) is 21.6. The first-order valence-electron chi connectivity index (χ1n) is 9.88. The quantitative estimate of drug-likeness (QED) is 0.664. The van der Waals surface area contributed by atoms with E-state index in [9.17, 15) is 13.2 Å². The molecule has 2 aromatic carbocycles. The van der Waals surface area contributed by atoms with Crippen molar-refractivity contribution in [3.05, 3.63) is 53.6 Å². The highest BCUT2D eigenvalue weighted by atomic mass is 32.2. The van der Waals surface area contributed by atoms with Crippen LogP contribution in [0.5, 0.6) is 5.75 Å². The van der Waals surface area contributed by atoms with E-state index in [2.05, 4.69) is 5.32 Å². The third-order valence-electron chi connectivity index (χ3n) is 4.95. The summed E-state index contributed by atoms with van der Waals surface area (Å²) in [6.07, 6.45) is -0.136. The minimum Gasteiger partial charge on any atom is -0.480 e. The van der Waals surface area contributed by atoms with Gasteiger partial charge in [-0.1, -0.05) is 32.9 Å². The highest BCUT2D eigenvalue weighted by Crippen LogP contribution is 2.23. The molecule has 0 fully saturated rings. The minimum absolute atomic E-state index is 0.206. The monoisotopic (exact) mass is 418 g/mol. The molecule has 1 atom stereocenters. The van der Waals surface area contributed by atoms with E-state index in [1.807, 2.05) is 39.0 Å². The van der Waals surface area contributed by atoms with Crippen molar-refractivity contribution in [2.24, 2.45) is 0 Å². The summed E-state index contributed by atoms with van der Waals surface area (Å²) < 4.78 is 32.5. The Morgan fingerprint density at radius 3 is 2.21 bits per heavy atom. The fourth-order valence-corrected chi connectivity index (χ4v) is 4.43. The number of amides is 1. The number of aryl methyl sites for hydroxylation is 1. The molecule has 0 saturated heterocycles. The van der Waals surface area contributed by atoms with Crippen molar-refractivity contribution in [2.45, 2.75) is 52.0 Å². The molecule has 2 rings (SSSR count). The van der Waals surface area contributed by atoms with Gasteiger partial charge in [0, 0.05) is 18.8 Å². The summed E-state index contributed by atoms with van der Waals surface area (Å²) in [6.45, 7) is 10.3. The van der Waals surface area contributed by atoms with E-state index in [4.69, 9.17) is 4.74 Å². The van der Waals surface area contributed by atoms with Gasteiger partial charge in [-0.25, -0.2) is 8.42 Å². The van der Waals surface area contributed by atoms with Crippen LogP contribution in [-0.4, -0.2) is 37.8 Å². The van der Waals surface area contributed by atoms with E-state index < -0.39 is 16.1 Å². The van der Waals surface area contributed by atoms with E-state index in [1.54, 1.807) is 26.0 Å². The van der Waals surface area contributed by atoms with Gasteiger partial charge in [0.15, 0.2) is 6.10 Å². The summed E-state index contributed by atoms with van der Waals surface area (Å²) in [5.74, 6) is 0.417. The largest absolute Gasteiger partial charge is 0.480 e. The molecular formula is C22H30N2O4S. The van der Waals surface area contributed by atoms with Crippen LogP contribution in [0.3, 0.4) is 0 Å². The first-order valence-corrected chi connectivity index (χ1v) is 11.3. The first kappa shape index (κ1) is 22.9. The zero-order valence-electron chi connectivity index (χ0n) is 17.7. The van der Waals surface area contributed by atoms with Gasteiger partial charge in [0.05, 0.1) is 4.90 Å². The number of benzene rings is 2. The van der Waals surface area contributed by atoms with Gasteiger partial charge in [0.2, 0.25) is 10.0 Å². The van der Waals surface area contributed by atoms with Crippen molar-refractivity contribution in [3.8, 4) is 5.75 Å². The number of hydrogen-bond donors (Lipinski definition) is 1. The molecule has 0 bridgehead atoms. The van der Waals surface area contributed by atoms with Crippen molar-refractivity contribution < 1.29 is 17.9 Å². The molecule has 0 aliphatic rings. The van der Waals surface area contributed by atoms with Gasteiger partial charge in [-0.15, -0.1) is 0 Å². The van der Waals surface area contributed by atoms with Crippen LogP contribution in [0.4, 0.5) is 5.69 Å². The predicted molar refractivity (Wildman–Crippen MR) is 116 cm³/mol. The summed E-state index contributed by atoms with van der Waals surface area (Å²) in [5.41, 5.74) is 2.63. The van der Waals surface area contributed by atoms with Crippen LogP contribution in [0.15, 0.2) is 47.4 Å². The summed E-state index contributed by atoms with van der Waals surface area (Å²) in [7, 11) is -3.52. The zero-order valence-corrected chi connectivity index (χ0v) is 18.5. The lowest BCUT2D eigenvalue weighted by atomic mass is 10.1. The van der Waals surface area contributed by atoms with Crippen LogP contribution in [0.2, 0.25) is 0 Å². The van der Waals surface area contributed by atoms with Gasteiger partial charge in [0.25, 0.3) is 5.91 Å². The highest BCUT2D eigenvalue weighted by molar-refractivity contribution is 7.89. The van der Waals surface area contributed by atoms with E-state index in [-0.39, 0.29) is 10.8 Å². The summed E-state index contributed by atoms with van der Waals surface area (Å²) in [4.78, 5) is 12.9. The molecule has 6 nitrogen and oxygen atoms in total. The first-order chi connectivity index (χ1) is 13.7. The van der Waals surface area contributed by atoms with Crippen molar-refractivity contribution >= 4 is 21.6 Å². The fourth-order valence-electron chi connectivity index (χ4n) is 2.97. The van der Waals surface area contributed by atoms with E-state index in [0.717, 1.165) is 11.1 Å². The molecule has 7 heteroatoms. The van der Waals surface area contributed by atoms with Gasteiger partial charge >= 0.3 is 0 Å². The topological polar surface area (TPSA) is 75.7 Å². The maximum atomic E-state index is 12.7. The number of carbonyl (C=O) groups is 1. The normalized spacial score (nSPS) is 12.6. The second-order valence-corrected chi connectivity index (χ2v) is 8.75. The Kier molecular flexibility index (Phi) is 7.81. The molecule has 0 aromatic heterocycles. The number of hydrogen-bond acceptors (Lipinski definition) is 4. The number of ether oxygens (including phenoxy) is 1. The van der Waals surface area contributed by atoms with Crippen molar-refractivity contribution in [2.75, 3.05) is 18.4 Å². The van der Waals surface area contributed by atoms with Crippen LogP contribution >= 0.6 is 0 Å². The molecule has 0 heterocycles. The number of carbonyl (C=O) groups excluding carboxylic acids is 1. The third-order valence-corrected chi connectivity index (χ3v) is 7.02. The molecule has 1 amide bonds. The molecular weight excluding hydrogens is 388 g/mol. The summed E-state index contributed by atoms with van der Waals surface area (Å²) in [6, 6.07) is 12.0. The Morgan fingerprint density at radius 1 is 1.03 bits per heavy atom. The molecule has 0 spiro atoms. The maximum Gasteiger partial charge on any atom is 0.265 e. The Balaban J connectivity index is 2.12. The van der Waals surface area contributed by atoms with Crippen molar-refractivity contribution in [1.82, 2.24) is 4.31 Å². The molecule has 0 saturated carbocycles. The molecule has 0 aliphatic heterocycles. The Labute approximate surface area is 173 Å². The lowest BCUT2D eigenvalue weighted by molar-refractivity contribution is -0.122. The van der Waals surface area contributed by atoms with Gasteiger partial charge in [-0.3, -0.25) is 4.79 Å². The van der Waals surface area contributed by atoms with Crippen LogP contribution in [0.25, 0.3) is 0 Å². The number of sulfonamides is 1. The van der Waals surface area contributed by atoms with Crippen LogP contribution in [0.1, 0.15) is 38.3 Å². The predicted octanol–water partition coefficient (Wildman–Crippen LogP) is 4.13. The number of anilines is 1. The van der Waals surface area contributed by atoms with Crippen molar-refractivity contribution in [3.63, 3.8) is 0 Å². The standard InChI is InChI=1S/C22H30N2O4S/c1-6-20(28-21-11-9-10-16(4)17(21)5)22(25)23-18-12-14-19(15-13-18)29(26,27)24(7-2)8-3/h9-15,20H,6-8H2,1-5H3,(H,23,25)/t20-/m0/s1. The molecule has 0 aliphatic carbocycles. The highest BCUT2D eigenvalue weighted by Gasteiger charge is 2.22. The second-order valence-electron chi connectivity index (χ2n) is 6.82. The van der Waals surface area contributed by atoms with E-state index in [0.29, 0.717) is 30.9 Å². The SMILES string of the molecule is CC[C@H](Oc1cccc(C)c1C)C(=O)Nc1ccc(S(=O)(=O)N(CC)CC)cc1. The fraction of sp³-hybridized carbons (Fsp3) is 0.409. The summed E-state index contributed by atoms with van der Waals surface area (Å²) >= 11 is 0. The number of nitrogens with zero attached hydrogens (tertiary/aromatic N) is 1. The van der Waals surface area contributed by atoms with Crippen LogP contribution in [-0.2, 0) is 14.8 Å². The summed E-state index contributed by atoms with van der Waals surface area (Å²) in [5, 5.41) is 2.81. The van der Waals surface area contributed by atoms with E-state index in [1.165, 1.54) is 16.4 Å². The maximum absolute atomic E-state index is 12.7. The van der Waals surface area contributed by atoms with E-state index >= 15 is 0 Å². The minimum atomic E-state index is -3.52. The van der Waals surface area contributed by atoms with Crippen LogP contribution in [0, 0.1) is 13.8 Å². The van der Waals surface area contributed by atoms with Gasteiger partial charge in [0.1, 0.15) is 5.75 Å². The number of nitrogens with one attached hydrogen (secondary N) is 1. The average molecular weight is 419 g/mol. The second kappa shape index (κ2) is 9.89. The molecule has 1 N–H and O–H groups in total. The Hall–Kier alpha value is -2.38. The lowest BCUT2D eigenvalue weighted by Crippen LogP contribution is -2.32. The molecule has 0 radical (unpaired) electrons. The van der Waals surface area contributed by atoms with Gasteiger partial charge in [-0.2, -0.15) is 4.31 Å². The molecule has 0 unspecified atom stereocenters. The van der Waals surface area contributed by atoms with Crippen molar-refractivity contribution in [1.29, 1.82) is 0 Å². The Morgan fingerprint density at radius 2 is 1.66 bits per heavy atom. The van der Waals surface area contributed by atoms with Gasteiger partial charge < -0.3 is 10.1 Å². The lowest BCUT2D eigenvalue weighted by Gasteiger charge is -2.20. The van der Waals surface area contributed by atoms with Gasteiger partial charge in [-0.05, 0) is 61.7 Å². The smallest absolute Gasteiger partial charge is 0.265 e. The number of rotatable bonds is 9. The third kappa shape index (κ3) is 5.36. The average Bonchev–Trinajstić information content (AvgIpc) is 2.70. The Bertz CT molecular complexity index is 936.